The molecule has 0 saturated carbocycles. The molecule has 72 heavy (non-hydrogen) atoms. The molecular formula is C51H60F2N7O10PS. The summed E-state index contributed by atoms with van der Waals surface area (Å²) >= 11 is 0.890. The summed E-state index contributed by atoms with van der Waals surface area (Å²) in [5, 5.41) is 5.04. The number of morpholine rings is 1. The Morgan fingerprint density at radius 1 is 0.944 bits per heavy atom. The molecule has 4 fully saturated rings. The third-order valence-corrected chi connectivity index (χ3v) is 16.8. The topological polar surface area (TPSA) is 213 Å². The molecule has 384 valence electrons. The molecule has 6 atom stereocenters. The van der Waals surface area contributed by atoms with Crippen LogP contribution < -0.4 is 16.3 Å². The van der Waals surface area contributed by atoms with E-state index in [1.165, 1.54) is 21.3 Å². The van der Waals surface area contributed by atoms with Gasteiger partial charge in [0, 0.05) is 48.8 Å². The van der Waals surface area contributed by atoms with Gasteiger partial charge in [-0.3, -0.25) is 47.9 Å². The number of nitrogens with zero attached hydrogens (tertiary/aromatic N) is 5. The molecular weight excluding hydrogens is 972 g/mol. The van der Waals surface area contributed by atoms with Gasteiger partial charge in [0.05, 0.1) is 29.1 Å². The minimum Gasteiger partial charge on any atom is -0.370 e. The van der Waals surface area contributed by atoms with Gasteiger partial charge in [-0.25, -0.2) is 13.6 Å². The molecule has 0 radical (unpaired) electrons. The number of piperidine rings is 2. The lowest BCUT2D eigenvalue weighted by molar-refractivity contribution is -0.152. The van der Waals surface area contributed by atoms with Crippen LogP contribution in [0.3, 0.4) is 0 Å². The average molecular weight is 1030 g/mol. The van der Waals surface area contributed by atoms with E-state index in [0.717, 1.165) is 54.5 Å². The number of aromatic nitrogens is 2. The van der Waals surface area contributed by atoms with Crippen LogP contribution in [0.1, 0.15) is 104 Å². The lowest BCUT2D eigenvalue weighted by Gasteiger charge is -2.40. The zero-order chi connectivity index (χ0) is 51.4. The number of hydrogen-bond acceptors (Lipinski definition) is 10. The lowest BCUT2D eigenvalue weighted by Crippen LogP contribution is -2.59. The van der Waals surface area contributed by atoms with Crippen molar-refractivity contribution in [1.29, 1.82) is 0 Å². The van der Waals surface area contributed by atoms with Gasteiger partial charge in [-0.15, -0.1) is 11.3 Å². The lowest BCUT2D eigenvalue weighted by atomic mass is 9.82. The first-order chi connectivity index (χ1) is 34.2. The van der Waals surface area contributed by atoms with Crippen molar-refractivity contribution in [1.82, 2.24) is 34.5 Å². The minimum absolute atomic E-state index is 0.00302. The molecule has 6 heterocycles. The first-order valence-electron chi connectivity index (χ1n) is 24.4. The zero-order valence-corrected chi connectivity index (χ0v) is 42.3. The second-order valence-electron chi connectivity index (χ2n) is 20.7. The molecule has 2 aromatic heterocycles. The van der Waals surface area contributed by atoms with Crippen LogP contribution in [0.5, 0.6) is 0 Å². The van der Waals surface area contributed by atoms with Gasteiger partial charge in [0.25, 0.3) is 5.91 Å². The Bertz CT molecular complexity index is 3030. The molecule has 3 aromatic carbocycles. The highest BCUT2D eigenvalue weighted by molar-refractivity contribution is 7.51. The van der Waals surface area contributed by atoms with E-state index in [0.29, 0.717) is 50.1 Å². The summed E-state index contributed by atoms with van der Waals surface area (Å²) in [4.78, 5) is 107. The maximum Gasteiger partial charge on any atom is 0.364 e. The van der Waals surface area contributed by atoms with Crippen LogP contribution in [0.15, 0.2) is 71.5 Å². The third kappa shape index (κ3) is 10.3. The van der Waals surface area contributed by atoms with Gasteiger partial charge in [-0.2, -0.15) is 0 Å². The molecule has 4 saturated heterocycles. The Kier molecular flexibility index (Phi) is 14.5. The molecule has 9 rings (SSSR count). The molecule has 0 bridgehead atoms. The molecule has 4 N–H and O–H groups in total. The van der Waals surface area contributed by atoms with Crippen LogP contribution >= 0.6 is 18.9 Å². The number of imide groups is 1. The second-order valence-corrected chi connectivity index (χ2v) is 23.4. The standard InChI is InChI=1S/C51H60F2N7O10PS/c1-51(2,3)44(55-47(63)40-26-34-39(72-40)14-11-33(42(34)52)45(53)71(67,68)69)49(65)59-21-18-32(43(59)48(64)58-22-23-70-38(28-58)31-8-6-5-7-9-31)24-29-16-19-57(20-17-29)27-30-10-12-35-37(25-30)56(4)50(66)60(35)36-13-15-41(61)54-46(36)62/h5-12,14,25-26,29,32,36,38,43-45H,13,15-24,27-28H2,1-4H3,(H,55,63)(H,54,61,62)(H2,67,68,69)/t32-,36?,38-,43-,44+,45?/m0/s1. The van der Waals surface area contributed by atoms with E-state index in [1.807, 2.05) is 48.5 Å². The van der Waals surface area contributed by atoms with Crippen molar-refractivity contribution in [2.45, 2.75) is 96.0 Å². The van der Waals surface area contributed by atoms with Crippen LogP contribution in [-0.2, 0) is 42.1 Å². The van der Waals surface area contributed by atoms with Crippen molar-refractivity contribution in [3.8, 4) is 0 Å². The monoisotopic (exact) mass is 1030 g/mol. The Balaban J connectivity index is 0.914. The number of halogens is 2. The molecule has 0 spiro atoms. The number of likely N-dealkylation sites (tertiary alicyclic amines) is 2. The Morgan fingerprint density at radius 2 is 1.68 bits per heavy atom. The van der Waals surface area contributed by atoms with E-state index in [1.54, 1.807) is 37.6 Å². The summed E-state index contributed by atoms with van der Waals surface area (Å²) in [6, 6.07) is 16.2. The number of rotatable bonds is 12. The SMILES string of the molecule is Cn1c(=O)n(C2CCC(=O)NC2=O)c2ccc(CN3CCC(C[C@@H]4CCN(C(=O)[C@@H](NC(=O)c5cc6c(F)c(C(F)P(=O)(O)O)ccc6s5)C(C)(C)C)[C@@H]4C(=O)N4CCO[C@H](c5ccccc5)C4)CC3)cc21. The second kappa shape index (κ2) is 20.3. The summed E-state index contributed by atoms with van der Waals surface area (Å²) in [6.45, 7) is 8.86. The van der Waals surface area contributed by atoms with Crippen LogP contribution in [0.4, 0.5) is 8.78 Å². The predicted molar refractivity (Wildman–Crippen MR) is 265 cm³/mol. The van der Waals surface area contributed by atoms with Gasteiger partial charge in [0.2, 0.25) is 29.5 Å². The van der Waals surface area contributed by atoms with Crippen LogP contribution in [0.25, 0.3) is 21.1 Å². The normalized spacial score (nSPS) is 22.6. The fraction of sp³-hybridized carbons (Fsp3) is 0.490. The Labute approximate surface area is 418 Å². The molecule has 0 aliphatic carbocycles. The van der Waals surface area contributed by atoms with Crippen molar-refractivity contribution in [2.24, 2.45) is 24.3 Å². The first-order valence-corrected chi connectivity index (χ1v) is 26.9. The number of nitrogens with one attached hydrogen (secondary N) is 2. The highest BCUT2D eigenvalue weighted by atomic mass is 32.1. The van der Waals surface area contributed by atoms with Crippen molar-refractivity contribution in [3.63, 3.8) is 0 Å². The summed E-state index contributed by atoms with van der Waals surface area (Å²) in [5.74, 6) is -6.15. The van der Waals surface area contributed by atoms with Gasteiger partial charge in [0.15, 0.2) is 0 Å². The van der Waals surface area contributed by atoms with Crippen molar-refractivity contribution < 1.29 is 51.8 Å². The highest BCUT2D eigenvalue weighted by Gasteiger charge is 2.49. The van der Waals surface area contributed by atoms with E-state index >= 15 is 14.0 Å². The van der Waals surface area contributed by atoms with Gasteiger partial charge in [-0.05, 0) is 97.8 Å². The number of ether oxygens (including phenoxy) is 1. The number of fused-ring (bicyclic) bond motifs is 2. The molecule has 5 amide bonds. The molecule has 21 heteroatoms. The maximum atomic E-state index is 15.5. The number of benzene rings is 3. The number of alkyl halides is 1. The summed E-state index contributed by atoms with van der Waals surface area (Å²) in [7, 11) is -3.64. The summed E-state index contributed by atoms with van der Waals surface area (Å²) in [5.41, 5.74) is 1.26. The Hall–Kier alpha value is -5.63. The van der Waals surface area contributed by atoms with E-state index in [9.17, 15) is 37.9 Å². The molecule has 5 aromatic rings. The summed E-state index contributed by atoms with van der Waals surface area (Å²) < 4.78 is 51.2. The van der Waals surface area contributed by atoms with E-state index in [-0.39, 0.29) is 69.8 Å². The average Bonchev–Trinajstić information content (AvgIpc) is 4.05. The van der Waals surface area contributed by atoms with Crippen LogP contribution in [0, 0.1) is 23.1 Å². The number of carbonyl (C=O) groups is 5. The minimum atomic E-state index is -5.32. The van der Waals surface area contributed by atoms with Crippen molar-refractivity contribution in [2.75, 3.05) is 39.3 Å². The fourth-order valence-corrected chi connectivity index (χ4v) is 12.5. The Morgan fingerprint density at radius 3 is 2.38 bits per heavy atom. The smallest absolute Gasteiger partial charge is 0.364 e. The highest BCUT2D eigenvalue weighted by Crippen LogP contribution is 2.54. The number of hydrogen-bond donors (Lipinski definition) is 4. The maximum absolute atomic E-state index is 15.5. The van der Waals surface area contributed by atoms with Gasteiger partial charge in [0.1, 0.15) is 30.0 Å². The van der Waals surface area contributed by atoms with Crippen LogP contribution in [-0.4, -0.2) is 115 Å². The van der Waals surface area contributed by atoms with E-state index in [4.69, 9.17) is 4.74 Å². The van der Waals surface area contributed by atoms with Gasteiger partial charge >= 0.3 is 13.3 Å². The van der Waals surface area contributed by atoms with E-state index in [2.05, 4.69) is 15.5 Å². The first kappa shape index (κ1) is 51.3. The fourth-order valence-electron chi connectivity index (χ4n) is 11.0. The molecule has 4 aliphatic rings. The quantitative estimate of drug-likeness (QED) is 0.0831. The number of thiophene rings is 1. The number of imidazole rings is 1. The van der Waals surface area contributed by atoms with Gasteiger partial charge < -0.3 is 29.6 Å². The number of carbonyl (C=O) groups excluding carboxylic acids is 5. The van der Waals surface area contributed by atoms with Crippen LogP contribution in [0.2, 0.25) is 0 Å². The van der Waals surface area contributed by atoms with Gasteiger partial charge in [-0.1, -0.05) is 63.2 Å². The molecule has 2 unspecified atom stereocenters. The third-order valence-electron chi connectivity index (χ3n) is 14.9. The summed E-state index contributed by atoms with van der Waals surface area (Å²) in [6.07, 6.45) is 3.03. The number of amides is 5. The van der Waals surface area contributed by atoms with Crippen molar-refractivity contribution >= 4 is 69.6 Å². The van der Waals surface area contributed by atoms with Crippen molar-refractivity contribution in [3.05, 3.63) is 105 Å². The predicted octanol–water partition coefficient (Wildman–Crippen LogP) is 6.08. The zero-order valence-electron chi connectivity index (χ0n) is 40.6. The number of aryl methyl sites for hydroxylation is 1. The van der Waals surface area contributed by atoms with E-state index < -0.39 is 66.2 Å². The molecule has 4 aliphatic heterocycles. The largest absolute Gasteiger partial charge is 0.370 e. The molecule has 17 nitrogen and oxygen atoms in total.